The van der Waals surface area contributed by atoms with Crippen LogP contribution in [0.15, 0.2) is 12.1 Å². The molecule has 26 heavy (non-hydrogen) atoms. The normalized spacial score (nSPS) is 22.0. The molecular weight excluding hydrogens is 322 g/mol. The number of ether oxygens (including phenoxy) is 1. The van der Waals surface area contributed by atoms with Gasteiger partial charge in [0.25, 0.3) is 0 Å². The zero-order valence-electron chi connectivity index (χ0n) is 17.3. The molecule has 0 atom stereocenters. The van der Waals surface area contributed by atoms with Gasteiger partial charge in [-0.25, -0.2) is 0 Å². The minimum Gasteiger partial charge on any atom is -0.379 e. The number of hydrogen-bond acceptors (Lipinski definition) is 3. The van der Waals surface area contributed by atoms with E-state index in [1.165, 1.54) is 29.5 Å². The highest BCUT2D eigenvalue weighted by molar-refractivity contribution is 5.98. The first-order chi connectivity index (χ1) is 12.2. The summed E-state index contributed by atoms with van der Waals surface area (Å²) in [5.41, 5.74) is 5.38. The molecule has 1 aliphatic carbocycles. The van der Waals surface area contributed by atoms with Crippen LogP contribution in [0.25, 0.3) is 0 Å². The summed E-state index contributed by atoms with van der Waals surface area (Å²) in [4.78, 5) is 15.4. The number of morpholine rings is 1. The fraction of sp³-hybridized carbons (Fsp3) is 0.696. The van der Waals surface area contributed by atoms with Crippen LogP contribution < -0.4 is 0 Å². The molecule has 0 spiro atoms. The molecule has 0 unspecified atom stereocenters. The Kier molecular flexibility index (Phi) is 5.60. The largest absolute Gasteiger partial charge is 0.379 e. The van der Waals surface area contributed by atoms with Crippen LogP contribution in [0.5, 0.6) is 0 Å². The van der Waals surface area contributed by atoms with E-state index in [0.29, 0.717) is 12.2 Å². The minimum atomic E-state index is 0.149. The number of rotatable bonds is 5. The van der Waals surface area contributed by atoms with E-state index in [1.807, 2.05) is 0 Å². The molecule has 0 saturated carbocycles. The Morgan fingerprint density at radius 1 is 1.04 bits per heavy atom. The molecule has 144 valence electrons. The average molecular weight is 358 g/mol. The number of carbonyl (C=O) groups is 1. The number of benzene rings is 1. The van der Waals surface area contributed by atoms with E-state index in [-0.39, 0.29) is 10.8 Å². The molecule has 1 saturated heterocycles. The Balaban J connectivity index is 1.88. The fourth-order valence-electron chi connectivity index (χ4n) is 4.43. The molecule has 3 rings (SSSR count). The van der Waals surface area contributed by atoms with Gasteiger partial charge in [-0.05, 0) is 52.8 Å². The van der Waals surface area contributed by atoms with E-state index in [4.69, 9.17) is 4.74 Å². The molecule has 1 aromatic rings. The van der Waals surface area contributed by atoms with E-state index in [0.717, 1.165) is 44.8 Å². The predicted octanol–water partition coefficient (Wildman–Crippen LogP) is 4.50. The van der Waals surface area contributed by atoms with Gasteiger partial charge in [0.05, 0.1) is 13.2 Å². The number of carbonyl (C=O) groups excluding carboxylic acids is 1. The first kappa shape index (κ1) is 19.6. The molecule has 0 amide bonds. The second-order valence-electron chi connectivity index (χ2n) is 9.30. The summed E-state index contributed by atoms with van der Waals surface area (Å²) in [7, 11) is 0. The first-order valence-electron chi connectivity index (χ1n) is 10.3. The Morgan fingerprint density at radius 3 is 2.19 bits per heavy atom. The maximum absolute atomic E-state index is 13.1. The number of nitrogens with zero attached hydrogens (tertiary/aromatic N) is 1. The van der Waals surface area contributed by atoms with Gasteiger partial charge in [-0.3, -0.25) is 9.69 Å². The lowest BCUT2D eigenvalue weighted by Gasteiger charge is -2.42. The molecule has 1 aliphatic heterocycles. The lowest BCUT2D eigenvalue weighted by Crippen LogP contribution is -2.37. The summed E-state index contributed by atoms with van der Waals surface area (Å²) < 4.78 is 5.41. The molecule has 1 aromatic carbocycles. The maximum atomic E-state index is 13.1. The third-order valence-electron chi connectivity index (χ3n) is 6.52. The van der Waals surface area contributed by atoms with E-state index >= 15 is 0 Å². The third kappa shape index (κ3) is 3.89. The van der Waals surface area contributed by atoms with Gasteiger partial charge in [0.1, 0.15) is 0 Å². The quantitative estimate of drug-likeness (QED) is 0.727. The Morgan fingerprint density at radius 2 is 1.62 bits per heavy atom. The van der Waals surface area contributed by atoms with Crippen LogP contribution in [-0.4, -0.2) is 43.5 Å². The average Bonchev–Trinajstić information content (AvgIpc) is 2.63. The van der Waals surface area contributed by atoms with Crippen molar-refractivity contribution in [1.29, 1.82) is 0 Å². The summed E-state index contributed by atoms with van der Waals surface area (Å²) in [5, 5.41) is 0. The van der Waals surface area contributed by atoms with Gasteiger partial charge >= 0.3 is 0 Å². The van der Waals surface area contributed by atoms with Crippen molar-refractivity contribution in [3.8, 4) is 0 Å². The molecule has 0 bridgehead atoms. The van der Waals surface area contributed by atoms with Crippen LogP contribution >= 0.6 is 0 Å². The fourth-order valence-corrected chi connectivity index (χ4v) is 4.43. The van der Waals surface area contributed by atoms with Crippen molar-refractivity contribution in [2.75, 3.05) is 32.8 Å². The summed E-state index contributed by atoms with van der Waals surface area (Å²) in [6, 6.07) is 4.59. The standard InChI is InChI=1S/C23H35NO2/c1-6-17-15-19-20(23(4,5)9-8-22(19,2)3)16-18(17)21(25)7-10-24-11-13-26-14-12-24/h15-16H,6-14H2,1-5H3. The highest BCUT2D eigenvalue weighted by atomic mass is 16.5. The van der Waals surface area contributed by atoms with Gasteiger partial charge in [-0.2, -0.15) is 0 Å². The highest BCUT2D eigenvalue weighted by Crippen LogP contribution is 2.46. The third-order valence-corrected chi connectivity index (χ3v) is 6.52. The molecular formula is C23H35NO2. The Labute approximate surface area is 159 Å². The van der Waals surface area contributed by atoms with Gasteiger partial charge < -0.3 is 4.74 Å². The molecule has 0 N–H and O–H groups in total. The van der Waals surface area contributed by atoms with E-state index in [9.17, 15) is 4.79 Å². The van der Waals surface area contributed by atoms with Crippen LogP contribution in [0, 0.1) is 0 Å². The zero-order valence-corrected chi connectivity index (χ0v) is 17.3. The molecule has 3 heteroatoms. The van der Waals surface area contributed by atoms with Gasteiger partial charge in [-0.15, -0.1) is 0 Å². The molecule has 1 fully saturated rings. The van der Waals surface area contributed by atoms with Crippen molar-refractivity contribution < 1.29 is 9.53 Å². The van der Waals surface area contributed by atoms with Crippen molar-refractivity contribution in [3.05, 3.63) is 34.4 Å². The lowest BCUT2D eigenvalue weighted by atomic mass is 9.62. The molecule has 3 nitrogen and oxygen atoms in total. The molecule has 2 aliphatic rings. The van der Waals surface area contributed by atoms with Crippen LogP contribution in [-0.2, 0) is 22.0 Å². The topological polar surface area (TPSA) is 29.5 Å². The summed E-state index contributed by atoms with van der Waals surface area (Å²) in [5.74, 6) is 0.301. The number of ketones is 1. The molecule has 0 aromatic heterocycles. The SMILES string of the molecule is CCc1cc2c(cc1C(=O)CCN1CCOCC1)C(C)(C)CCC2(C)C. The second kappa shape index (κ2) is 7.44. The molecule has 1 heterocycles. The number of hydrogen-bond donors (Lipinski definition) is 0. The van der Waals surface area contributed by atoms with Crippen molar-refractivity contribution in [3.63, 3.8) is 0 Å². The van der Waals surface area contributed by atoms with Crippen LogP contribution in [0.2, 0.25) is 0 Å². The Hall–Kier alpha value is -1.19. The molecule has 0 radical (unpaired) electrons. The number of fused-ring (bicyclic) bond motifs is 1. The summed E-state index contributed by atoms with van der Waals surface area (Å²) >= 11 is 0. The van der Waals surface area contributed by atoms with E-state index < -0.39 is 0 Å². The van der Waals surface area contributed by atoms with Gasteiger partial charge in [0, 0.05) is 31.6 Å². The Bertz CT molecular complexity index is 669. The van der Waals surface area contributed by atoms with Crippen LogP contribution in [0.3, 0.4) is 0 Å². The number of aryl methyl sites for hydroxylation is 1. The summed E-state index contributed by atoms with van der Waals surface area (Å²) in [6.45, 7) is 15.8. The van der Waals surface area contributed by atoms with Crippen LogP contribution in [0.1, 0.15) is 80.9 Å². The second-order valence-corrected chi connectivity index (χ2v) is 9.30. The van der Waals surface area contributed by atoms with Crippen molar-refractivity contribution in [2.45, 2.75) is 71.1 Å². The van der Waals surface area contributed by atoms with Crippen molar-refractivity contribution >= 4 is 5.78 Å². The first-order valence-corrected chi connectivity index (χ1v) is 10.3. The monoisotopic (exact) mass is 357 g/mol. The maximum Gasteiger partial charge on any atom is 0.164 e. The number of Topliss-reactive ketones (excluding diaryl/α,β-unsaturated/α-hetero) is 1. The van der Waals surface area contributed by atoms with Crippen LogP contribution in [0.4, 0.5) is 0 Å². The van der Waals surface area contributed by atoms with Gasteiger partial charge in [-0.1, -0.05) is 40.7 Å². The van der Waals surface area contributed by atoms with E-state index in [2.05, 4.69) is 51.7 Å². The van der Waals surface area contributed by atoms with Gasteiger partial charge in [0.2, 0.25) is 0 Å². The van der Waals surface area contributed by atoms with E-state index in [1.54, 1.807) is 0 Å². The summed E-state index contributed by atoms with van der Waals surface area (Å²) in [6.07, 6.45) is 3.92. The smallest absolute Gasteiger partial charge is 0.164 e. The van der Waals surface area contributed by atoms with Gasteiger partial charge in [0.15, 0.2) is 5.78 Å². The predicted molar refractivity (Wildman–Crippen MR) is 107 cm³/mol. The minimum absolute atomic E-state index is 0.149. The zero-order chi connectivity index (χ0) is 18.9. The van der Waals surface area contributed by atoms with Crippen molar-refractivity contribution in [2.24, 2.45) is 0 Å². The highest BCUT2D eigenvalue weighted by Gasteiger charge is 2.38. The van der Waals surface area contributed by atoms with Crippen molar-refractivity contribution in [1.82, 2.24) is 4.90 Å². The lowest BCUT2D eigenvalue weighted by molar-refractivity contribution is 0.0370.